The summed E-state index contributed by atoms with van der Waals surface area (Å²) in [6.45, 7) is 6.33. The van der Waals surface area contributed by atoms with Crippen LogP contribution in [0.5, 0.6) is 0 Å². The number of aromatic nitrogens is 4. The first kappa shape index (κ1) is 16.2. The second kappa shape index (κ2) is 6.82. The van der Waals surface area contributed by atoms with Gasteiger partial charge in [-0.05, 0) is 41.8 Å². The molecule has 126 valence electrons. The van der Waals surface area contributed by atoms with E-state index in [-0.39, 0.29) is 5.97 Å². The molecule has 0 fully saturated rings. The van der Waals surface area contributed by atoms with Crippen LogP contribution in [-0.2, 0) is 9.53 Å². The van der Waals surface area contributed by atoms with Gasteiger partial charge in [-0.25, -0.2) is 4.79 Å². The number of unbranched alkanes of at least 4 members (excludes halogenated alkanes) is 1. The monoisotopic (exact) mass is 327 g/mol. The number of benzene rings is 1. The first-order valence-electron chi connectivity index (χ1n) is 8.11. The predicted molar refractivity (Wildman–Crippen MR) is 89.3 cm³/mol. The van der Waals surface area contributed by atoms with E-state index in [2.05, 4.69) is 27.8 Å². The molecule has 7 heteroatoms. The molecule has 1 aromatic heterocycles. The number of rotatable bonds is 5. The lowest BCUT2D eigenvalue weighted by Crippen LogP contribution is -2.30. The third kappa shape index (κ3) is 2.89. The fourth-order valence-corrected chi connectivity index (χ4v) is 2.84. The van der Waals surface area contributed by atoms with Crippen LogP contribution >= 0.6 is 0 Å². The van der Waals surface area contributed by atoms with Crippen LogP contribution in [0.3, 0.4) is 0 Å². The second-order valence-corrected chi connectivity index (χ2v) is 5.86. The van der Waals surface area contributed by atoms with E-state index in [1.807, 2.05) is 38.1 Å². The molecule has 1 aliphatic rings. The molecule has 0 aliphatic carbocycles. The van der Waals surface area contributed by atoms with Crippen LogP contribution in [0, 0.1) is 6.92 Å². The number of fused-ring (bicyclic) bond motifs is 1. The minimum atomic E-state index is -0.397. The summed E-state index contributed by atoms with van der Waals surface area (Å²) in [7, 11) is 0. The van der Waals surface area contributed by atoms with E-state index in [4.69, 9.17) is 4.74 Å². The van der Waals surface area contributed by atoms with Gasteiger partial charge in [-0.15, -0.1) is 0 Å². The van der Waals surface area contributed by atoms with Gasteiger partial charge in [-0.3, -0.25) is 0 Å². The summed E-state index contributed by atoms with van der Waals surface area (Å²) in [6.07, 6.45) is 1.82. The van der Waals surface area contributed by atoms with Crippen LogP contribution < -0.4 is 5.32 Å². The standard InChI is InChI=1S/C17H21N5O2/c1-4-5-10-24-16(23)14-12(3)18-17-19-20-21-22(17)15(14)13-9-7-6-8-11(13)2/h6-9,15H,4-5,10H2,1-3H3,(H,18,19,21)/t15-/m0/s1. The summed E-state index contributed by atoms with van der Waals surface area (Å²) in [5.74, 6) is 0.189. The van der Waals surface area contributed by atoms with Crippen molar-refractivity contribution in [1.82, 2.24) is 20.2 Å². The molecule has 0 bridgehead atoms. The molecule has 24 heavy (non-hydrogen) atoms. The molecule has 0 saturated heterocycles. The van der Waals surface area contributed by atoms with Crippen molar-refractivity contribution in [2.45, 2.75) is 39.7 Å². The van der Waals surface area contributed by atoms with Crippen molar-refractivity contribution in [3.8, 4) is 0 Å². The number of anilines is 1. The molecule has 2 aromatic rings. The number of carbonyl (C=O) groups excluding carboxylic acids is 1. The Morgan fingerprint density at radius 2 is 2.12 bits per heavy atom. The van der Waals surface area contributed by atoms with E-state index in [1.165, 1.54) is 0 Å². The molecule has 1 N–H and O–H groups in total. The highest BCUT2D eigenvalue weighted by Crippen LogP contribution is 2.36. The van der Waals surface area contributed by atoms with Gasteiger partial charge < -0.3 is 10.1 Å². The molecule has 7 nitrogen and oxygen atoms in total. The highest BCUT2D eigenvalue weighted by atomic mass is 16.5. The van der Waals surface area contributed by atoms with Crippen molar-refractivity contribution in [3.05, 3.63) is 46.7 Å². The average Bonchev–Trinajstić information content (AvgIpc) is 3.02. The molecule has 0 radical (unpaired) electrons. The molecule has 2 heterocycles. The van der Waals surface area contributed by atoms with Gasteiger partial charge in [0.2, 0.25) is 5.95 Å². The van der Waals surface area contributed by atoms with Gasteiger partial charge in [0.25, 0.3) is 0 Å². The van der Waals surface area contributed by atoms with Gasteiger partial charge in [-0.2, -0.15) is 4.68 Å². The van der Waals surface area contributed by atoms with Crippen LogP contribution in [0.15, 0.2) is 35.5 Å². The summed E-state index contributed by atoms with van der Waals surface area (Å²) in [6, 6.07) is 7.52. The largest absolute Gasteiger partial charge is 0.462 e. The molecule has 0 unspecified atom stereocenters. The van der Waals surface area contributed by atoms with Crippen molar-refractivity contribution < 1.29 is 9.53 Å². The summed E-state index contributed by atoms with van der Waals surface area (Å²) >= 11 is 0. The Balaban J connectivity index is 2.04. The molecule has 1 aliphatic heterocycles. The summed E-state index contributed by atoms with van der Waals surface area (Å²) in [5.41, 5.74) is 3.30. The van der Waals surface area contributed by atoms with E-state index in [1.54, 1.807) is 4.68 Å². The number of allylic oxidation sites excluding steroid dienone is 1. The maximum Gasteiger partial charge on any atom is 0.338 e. The smallest absolute Gasteiger partial charge is 0.338 e. The zero-order chi connectivity index (χ0) is 17.1. The quantitative estimate of drug-likeness (QED) is 0.671. The van der Waals surface area contributed by atoms with Crippen LogP contribution in [0.4, 0.5) is 5.95 Å². The maximum absolute atomic E-state index is 12.7. The number of tetrazole rings is 1. The van der Waals surface area contributed by atoms with Crippen molar-refractivity contribution >= 4 is 11.9 Å². The minimum absolute atomic E-state index is 0.331. The van der Waals surface area contributed by atoms with Crippen LogP contribution in [0.1, 0.15) is 43.9 Å². The zero-order valence-electron chi connectivity index (χ0n) is 14.1. The number of aryl methyl sites for hydroxylation is 1. The van der Waals surface area contributed by atoms with Crippen LogP contribution in [-0.4, -0.2) is 32.8 Å². The molecule has 1 aromatic carbocycles. The normalized spacial score (nSPS) is 16.5. The van der Waals surface area contributed by atoms with Crippen molar-refractivity contribution in [2.24, 2.45) is 0 Å². The molecule has 3 rings (SSSR count). The number of hydrogen-bond acceptors (Lipinski definition) is 6. The van der Waals surface area contributed by atoms with E-state index < -0.39 is 6.04 Å². The van der Waals surface area contributed by atoms with Crippen molar-refractivity contribution in [2.75, 3.05) is 11.9 Å². The average molecular weight is 327 g/mol. The highest BCUT2D eigenvalue weighted by molar-refractivity contribution is 5.92. The Morgan fingerprint density at radius 3 is 2.88 bits per heavy atom. The Labute approximate surface area is 140 Å². The van der Waals surface area contributed by atoms with Gasteiger partial charge in [0, 0.05) is 5.70 Å². The summed E-state index contributed by atoms with van der Waals surface area (Å²) in [5, 5.41) is 14.9. The summed E-state index contributed by atoms with van der Waals surface area (Å²) < 4.78 is 7.09. The van der Waals surface area contributed by atoms with E-state index in [9.17, 15) is 4.79 Å². The molecule has 0 amide bonds. The molecule has 1 atom stereocenters. The third-order valence-electron chi connectivity index (χ3n) is 4.15. The van der Waals surface area contributed by atoms with Crippen molar-refractivity contribution in [3.63, 3.8) is 0 Å². The number of esters is 1. The molecule has 0 saturated carbocycles. The zero-order valence-corrected chi connectivity index (χ0v) is 14.1. The number of carbonyl (C=O) groups is 1. The lowest BCUT2D eigenvalue weighted by Gasteiger charge is -2.28. The Hall–Kier alpha value is -2.70. The summed E-state index contributed by atoms with van der Waals surface area (Å²) in [4.78, 5) is 12.7. The van der Waals surface area contributed by atoms with Crippen LogP contribution in [0.2, 0.25) is 0 Å². The Bertz CT molecular complexity index is 781. The number of ether oxygens (including phenoxy) is 1. The van der Waals surface area contributed by atoms with Gasteiger partial charge >= 0.3 is 5.97 Å². The highest BCUT2D eigenvalue weighted by Gasteiger charge is 2.35. The third-order valence-corrected chi connectivity index (χ3v) is 4.15. The lowest BCUT2D eigenvalue weighted by atomic mass is 9.92. The second-order valence-electron chi connectivity index (χ2n) is 5.86. The van der Waals surface area contributed by atoms with Gasteiger partial charge in [0.05, 0.1) is 12.2 Å². The lowest BCUT2D eigenvalue weighted by molar-refractivity contribution is -0.139. The predicted octanol–water partition coefficient (Wildman–Crippen LogP) is 2.61. The first-order chi connectivity index (χ1) is 11.6. The maximum atomic E-state index is 12.7. The number of nitrogens with one attached hydrogen (secondary N) is 1. The van der Waals surface area contributed by atoms with Crippen molar-refractivity contribution in [1.29, 1.82) is 0 Å². The molecule has 0 spiro atoms. The fraction of sp³-hybridized carbons (Fsp3) is 0.412. The van der Waals surface area contributed by atoms with E-state index >= 15 is 0 Å². The number of hydrogen-bond donors (Lipinski definition) is 1. The molecular weight excluding hydrogens is 306 g/mol. The number of nitrogens with zero attached hydrogens (tertiary/aromatic N) is 4. The fourth-order valence-electron chi connectivity index (χ4n) is 2.84. The van der Waals surface area contributed by atoms with Gasteiger partial charge in [0.15, 0.2) is 0 Å². The van der Waals surface area contributed by atoms with Gasteiger partial charge in [-0.1, -0.05) is 42.7 Å². The first-order valence-corrected chi connectivity index (χ1v) is 8.11. The van der Waals surface area contributed by atoms with Gasteiger partial charge in [0.1, 0.15) is 6.04 Å². The van der Waals surface area contributed by atoms with E-state index in [0.717, 1.165) is 24.0 Å². The SMILES string of the molecule is CCCCOC(=O)C1=C(C)Nc2nnnn2[C@H]1c1ccccc1C. The minimum Gasteiger partial charge on any atom is -0.462 e. The molecular formula is C17H21N5O2. The van der Waals surface area contributed by atoms with Crippen LogP contribution in [0.25, 0.3) is 0 Å². The van der Waals surface area contributed by atoms with E-state index in [0.29, 0.717) is 23.8 Å². The Morgan fingerprint density at radius 1 is 1.33 bits per heavy atom. The topological polar surface area (TPSA) is 81.9 Å². The Kier molecular flexibility index (Phi) is 4.59.